The third kappa shape index (κ3) is 3.50. The topological polar surface area (TPSA) is 49.8 Å². The molecule has 1 heterocycles. The molecule has 0 unspecified atom stereocenters. The number of methoxy groups -OCH3 is 1. The lowest BCUT2D eigenvalue weighted by Gasteiger charge is -2.17. The van der Waals surface area contributed by atoms with E-state index in [0.29, 0.717) is 18.8 Å². The van der Waals surface area contributed by atoms with Crippen LogP contribution in [0.1, 0.15) is 23.5 Å². The fraction of sp³-hybridized carbons (Fsp3) is 0.316. The number of carbonyl (C=O) groups excluding carboxylic acids is 1. The van der Waals surface area contributed by atoms with Gasteiger partial charge in [0, 0.05) is 19.0 Å². The van der Waals surface area contributed by atoms with Crippen molar-refractivity contribution in [2.75, 3.05) is 20.2 Å². The van der Waals surface area contributed by atoms with Gasteiger partial charge in [0.1, 0.15) is 5.82 Å². The Labute approximate surface area is 140 Å². The molecule has 1 fully saturated rings. The van der Waals surface area contributed by atoms with E-state index in [1.807, 2.05) is 4.90 Å². The van der Waals surface area contributed by atoms with Gasteiger partial charge in [-0.3, -0.25) is 4.79 Å². The first-order valence-corrected chi connectivity index (χ1v) is 7.96. The van der Waals surface area contributed by atoms with Crippen molar-refractivity contribution in [2.24, 2.45) is 0 Å². The molecule has 2 aromatic carbocycles. The summed E-state index contributed by atoms with van der Waals surface area (Å²) in [6.07, 6.45) is 1.16. The highest BCUT2D eigenvalue weighted by molar-refractivity contribution is 5.79. The van der Waals surface area contributed by atoms with E-state index in [-0.39, 0.29) is 29.8 Å². The van der Waals surface area contributed by atoms with Crippen molar-refractivity contribution in [3.8, 4) is 11.5 Å². The Morgan fingerprint density at radius 1 is 1.29 bits per heavy atom. The van der Waals surface area contributed by atoms with Gasteiger partial charge in [0.2, 0.25) is 5.91 Å². The summed E-state index contributed by atoms with van der Waals surface area (Å²) in [5.74, 6) is 0.486. The van der Waals surface area contributed by atoms with Gasteiger partial charge in [-0.1, -0.05) is 18.2 Å². The first kappa shape index (κ1) is 16.3. The number of hydrogen-bond donors (Lipinski definition) is 1. The minimum absolute atomic E-state index is 0.0485. The number of benzene rings is 2. The highest BCUT2D eigenvalue weighted by atomic mass is 19.1. The van der Waals surface area contributed by atoms with Gasteiger partial charge >= 0.3 is 0 Å². The fourth-order valence-corrected chi connectivity index (χ4v) is 3.11. The number of carbonyl (C=O) groups is 1. The lowest BCUT2D eigenvalue weighted by molar-refractivity contribution is -0.129. The Morgan fingerprint density at radius 2 is 2.04 bits per heavy atom. The molecule has 0 bridgehead atoms. The molecule has 1 N–H and O–H groups in total. The van der Waals surface area contributed by atoms with Crippen LogP contribution in [0.15, 0.2) is 42.5 Å². The molecule has 0 aromatic heterocycles. The fourth-order valence-electron chi connectivity index (χ4n) is 3.11. The van der Waals surface area contributed by atoms with E-state index >= 15 is 0 Å². The van der Waals surface area contributed by atoms with Crippen LogP contribution >= 0.6 is 0 Å². The average Bonchev–Trinajstić information content (AvgIpc) is 3.07. The van der Waals surface area contributed by atoms with Gasteiger partial charge in [0.15, 0.2) is 11.5 Å². The molecule has 5 heteroatoms. The molecule has 4 nitrogen and oxygen atoms in total. The first-order chi connectivity index (χ1) is 11.6. The Kier molecular flexibility index (Phi) is 4.69. The normalized spacial score (nSPS) is 17.1. The molecule has 0 aliphatic carbocycles. The predicted molar refractivity (Wildman–Crippen MR) is 88.7 cm³/mol. The van der Waals surface area contributed by atoms with Crippen LogP contribution in [-0.2, 0) is 11.2 Å². The number of rotatable bonds is 4. The summed E-state index contributed by atoms with van der Waals surface area (Å²) in [5, 5.41) is 9.61. The van der Waals surface area contributed by atoms with Crippen molar-refractivity contribution in [1.29, 1.82) is 0 Å². The lowest BCUT2D eigenvalue weighted by atomic mass is 9.98. The third-order valence-corrected chi connectivity index (χ3v) is 4.48. The monoisotopic (exact) mass is 329 g/mol. The Morgan fingerprint density at radius 3 is 2.75 bits per heavy atom. The number of likely N-dealkylation sites (tertiary alicyclic amines) is 1. The average molecular weight is 329 g/mol. The van der Waals surface area contributed by atoms with Crippen molar-refractivity contribution < 1.29 is 19.0 Å². The molecule has 1 saturated heterocycles. The van der Waals surface area contributed by atoms with Gasteiger partial charge < -0.3 is 14.7 Å². The summed E-state index contributed by atoms with van der Waals surface area (Å²) >= 11 is 0. The van der Waals surface area contributed by atoms with Crippen LogP contribution in [0.4, 0.5) is 4.39 Å². The van der Waals surface area contributed by atoms with E-state index in [4.69, 9.17) is 4.74 Å². The van der Waals surface area contributed by atoms with E-state index in [2.05, 4.69) is 0 Å². The summed E-state index contributed by atoms with van der Waals surface area (Å²) in [5.41, 5.74) is 1.87. The third-order valence-electron chi connectivity index (χ3n) is 4.48. The van der Waals surface area contributed by atoms with Crippen LogP contribution in [-0.4, -0.2) is 36.1 Å². The number of phenols is 1. The van der Waals surface area contributed by atoms with Gasteiger partial charge in [0.25, 0.3) is 0 Å². The maximum atomic E-state index is 13.0. The standard InChI is InChI=1S/C19H20FNO3/c1-24-18-10-13(2-7-17(18)22)11-19(23)21-9-8-15(12-21)14-3-5-16(20)6-4-14/h2-7,10,15,22H,8-9,11-12H2,1H3/t15-/m0/s1. The molecule has 1 aliphatic rings. The largest absolute Gasteiger partial charge is 0.504 e. The Hall–Kier alpha value is -2.56. The van der Waals surface area contributed by atoms with E-state index in [9.17, 15) is 14.3 Å². The smallest absolute Gasteiger partial charge is 0.227 e. The van der Waals surface area contributed by atoms with Crippen molar-refractivity contribution in [3.63, 3.8) is 0 Å². The minimum Gasteiger partial charge on any atom is -0.504 e. The van der Waals surface area contributed by atoms with Gasteiger partial charge in [-0.05, 0) is 41.8 Å². The number of amides is 1. The molecule has 1 aliphatic heterocycles. The highest BCUT2D eigenvalue weighted by Gasteiger charge is 2.27. The summed E-state index contributed by atoms with van der Waals surface area (Å²) < 4.78 is 18.1. The quantitative estimate of drug-likeness (QED) is 0.938. The maximum Gasteiger partial charge on any atom is 0.227 e. The van der Waals surface area contributed by atoms with E-state index in [1.165, 1.54) is 25.3 Å². The van der Waals surface area contributed by atoms with Crippen LogP contribution in [0.5, 0.6) is 11.5 Å². The highest BCUT2D eigenvalue weighted by Crippen LogP contribution is 2.29. The maximum absolute atomic E-state index is 13.0. The summed E-state index contributed by atoms with van der Waals surface area (Å²) in [7, 11) is 1.48. The van der Waals surface area contributed by atoms with Gasteiger partial charge in [0.05, 0.1) is 13.5 Å². The predicted octanol–water partition coefficient (Wildman–Crippen LogP) is 3.10. The van der Waals surface area contributed by atoms with Gasteiger partial charge in [-0.25, -0.2) is 4.39 Å². The van der Waals surface area contributed by atoms with Crippen molar-refractivity contribution in [1.82, 2.24) is 4.90 Å². The molecular formula is C19H20FNO3. The van der Waals surface area contributed by atoms with Crippen LogP contribution in [0, 0.1) is 5.82 Å². The zero-order valence-corrected chi connectivity index (χ0v) is 13.5. The van der Waals surface area contributed by atoms with Crippen LogP contribution in [0.25, 0.3) is 0 Å². The molecule has 0 saturated carbocycles. The number of phenolic OH excluding ortho intramolecular Hbond substituents is 1. The van der Waals surface area contributed by atoms with Crippen molar-refractivity contribution in [2.45, 2.75) is 18.8 Å². The molecule has 0 radical (unpaired) electrons. The molecule has 1 atom stereocenters. The molecular weight excluding hydrogens is 309 g/mol. The van der Waals surface area contributed by atoms with E-state index < -0.39 is 0 Å². The van der Waals surface area contributed by atoms with E-state index in [1.54, 1.807) is 24.3 Å². The molecule has 3 rings (SSSR count). The molecule has 24 heavy (non-hydrogen) atoms. The van der Waals surface area contributed by atoms with Crippen LogP contribution in [0.3, 0.4) is 0 Å². The van der Waals surface area contributed by atoms with Crippen LogP contribution in [0.2, 0.25) is 0 Å². The van der Waals surface area contributed by atoms with Crippen molar-refractivity contribution >= 4 is 5.91 Å². The van der Waals surface area contributed by atoms with Gasteiger partial charge in [-0.15, -0.1) is 0 Å². The number of halogens is 1. The second-order valence-electron chi connectivity index (χ2n) is 6.06. The zero-order valence-electron chi connectivity index (χ0n) is 13.5. The number of aromatic hydroxyl groups is 1. The second-order valence-corrected chi connectivity index (χ2v) is 6.06. The number of hydrogen-bond acceptors (Lipinski definition) is 3. The van der Waals surface area contributed by atoms with Crippen molar-refractivity contribution in [3.05, 3.63) is 59.4 Å². The van der Waals surface area contributed by atoms with Gasteiger partial charge in [-0.2, -0.15) is 0 Å². The lowest BCUT2D eigenvalue weighted by Crippen LogP contribution is -2.29. The molecule has 126 valence electrons. The second kappa shape index (κ2) is 6.91. The SMILES string of the molecule is COc1cc(CC(=O)N2CC[C@H](c3ccc(F)cc3)C2)ccc1O. The van der Waals surface area contributed by atoms with Crippen LogP contribution < -0.4 is 4.74 Å². The molecule has 2 aromatic rings. The minimum atomic E-state index is -0.244. The zero-order chi connectivity index (χ0) is 17.1. The first-order valence-electron chi connectivity index (χ1n) is 7.96. The number of ether oxygens (including phenoxy) is 1. The van der Waals surface area contributed by atoms with E-state index in [0.717, 1.165) is 17.5 Å². The number of nitrogens with zero attached hydrogens (tertiary/aromatic N) is 1. The Bertz CT molecular complexity index is 730. The molecule has 1 amide bonds. The molecule has 0 spiro atoms. The summed E-state index contributed by atoms with van der Waals surface area (Å²) in [4.78, 5) is 14.3. The summed E-state index contributed by atoms with van der Waals surface area (Å²) in [6, 6.07) is 11.4. The Balaban J connectivity index is 1.63. The summed E-state index contributed by atoms with van der Waals surface area (Å²) in [6.45, 7) is 1.36.